The monoisotopic (exact) mass is 315 g/mol. The number of hydrogen-bond donors (Lipinski definition) is 1. The number of nitrogens with zero attached hydrogens (tertiary/aromatic N) is 2. The molecule has 0 heterocycles. The number of likely N-dealkylation sites (N-methyl/N-ethyl adjacent to an activating group) is 1. The molecule has 0 aliphatic rings. The lowest BCUT2D eigenvalue weighted by Gasteiger charge is -2.23. The quantitative estimate of drug-likeness (QED) is 0.790. The minimum atomic E-state index is -0.232. The molecule has 7 heteroatoms. The van der Waals surface area contributed by atoms with Gasteiger partial charge in [-0.2, -0.15) is 0 Å². The maximum atomic E-state index is 12.4. The Kier molecular flexibility index (Phi) is 8.42. The van der Waals surface area contributed by atoms with E-state index in [1.54, 1.807) is 45.5 Å². The molecule has 118 valence electrons. The van der Waals surface area contributed by atoms with Gasteiger partial charge in [-0.1, -0.05) is 6.07 Å². The van der Waals surface area contributed by atoms with Crippen molar-refractivity contribution >= 4 is 29.9 Å². The Labute approximate surface area is 131 Å². The largest absolute Gasteiger partial charge is 0.399 e. The van der Waals surface area contributed by atoms with Crippen molar-refractivity contribution in [3.05, 3.63) is 29.8 Å². The van der Waals surface area contributed by atoms with Gasteiger partial charge in [0.05, 0.1) is 6.61 Å². The van der Waals surface area contributed by atoms with E-state index >= 15 is 0 Å². The standard InChI is InChI=1S/C14H21N3O3.ClH/c1-16(2)13(18)10-17(7-8-20-3)14(19)11-5-4-6-12(15)9-11;/h4-6,9H,7-8,10,15H2,1-3H3;1H. The highest BCUT2D eigenvalue weighted by molar-refractivity contribution is 5.97. The smallest absolute Gasteiger partial charge is 0.254 e. The number of nitrogens with two attached hydrogens (primary N) is 1. The molecule has 1 aromatic carbocycles. The molecular formula is C14H22ClN3O3. The van der Waals surface area contributed by atoms with Gasteiger partial charge < -0.3 is 20.3 Å². The molecule has 0 atom stereocenters. The van der Waals surface area contributed by atoms with Gasteiger partial charge in [-0.25, -0.2) is 0 Å². The van der Waals surface area contributed by atoms with Crippen molar-refractivity contribution in [3.63, 3.8) is 0 Å². The first-order valence-electron chi connectivity index (χ1n) is 6.29. The molecule has 0 fully saturated rings. The van der Waals surface area contributed by atoms with Gasteiger partial charge in [-0.3, -0.25) is 9.59 Å². The molecule has 0 aliphatic carbocycles. The van der Waals surface area contributed by atoms with E-state index in [2.05, 4.69) is 0 Å². The number of hydrogen-bond acceptors (Lipinski definition) is 4. The molecule has 0 aliphatic heterocycles. The van der Waals surface area contributed by atoms with Crippen LogP contribution in [0.25, 0.3) is 0 Å². The van der Waals surface area contributed by atoms with Gasteiger partial charge in [0.15, 0.2) is 0 Å². The number of halogens is 1. The molecule has 2 N–H and O–H groups in total. The first kappa shape index (κ1) is 19.2. The number of carbonyl (C=O) groups is 2. The Balaban J connectivity index is 0.00000400. The van der Waals surface area contributed by atoms with Crippen LogP contribution in [0.4, 0.5) is 5.69 Å². The molecule has 1 aromatic rings. The molecule has 0 saturated heterocycles. The molecule has 1 rings (SSSR count). The van der Waals surface area contributed by atoms with E-state index in [-0.39, 0.29) is 30.8 Å². The molecule has 0 unspecified atom stereocenters. The van der Waals surface area contributed by atoms with Gasteiger partial charge in [0.1, 0.15) is 6.54 Å². The van der Waals surface area contributed by atoms with Crippen molar-refractivity contribution < 1.29 is 14.3 Å². The minimum Gasteiger partial charge on any atom is -0.399 e. The van der Waals surface area contributed by atoms with Crippen molar-refractivity contribution in [2.75, 3.05) is 46.6 Å². The lowest BCUT2D eigenvalue weighted by Crippen LogP contribution is -2.41. The third-order valence-corrected chi connectivity index (χ3v) is 2.81. The van der Waals surface area contributed by atoms with E-state index < -0.39 is 0 Å². The second-order valence-corrected chi connectivity index (χ2v) is 4.63. The summed E-state index contributed by atoms with van der Waals surface area (Å²) in [6, 6.07) is 6.70. The van der Waals surface area contributed by atoms with E-state index in [1.165, 1.54) is 9.80 Å². The van der Waals surface area contributed by atoms with Crippen LogP contribution in [-0.2, 0) is 9.53 Å². The normalized spacial score (nSPS) is 9.67. The Morgan fingerprint density at radius 3 is 2.48 bits per heavy atom. The Morgan fingerprint density at radius 1 is 1.29 bits per heavy atom. The molecule has 2 amide bonds. The number of amides is 2. The summed E-state index contributed by atoms with van der Waals surface area (Å²) >= 11 is 0. The minimum absolute atomic E-state index is 0. The summed E-state index contributed by atoms with van der Waals surface area (Å²) in [6.07, 6.45) is 0. The first-order chi connectivity index (χ1) is 9.45. The van der Waals surface area contributed by atoms with E-state index in [4.69, 9.17) is 10.5 Å². The molecule has 0 spiro atoms. The average molecular weight is 316 g/mol. The zero-order chi connectivity index (χ0) is 15.1. The van der Waals surface area contributed by atoms with Crippen LogP contribution in [0.5, 0.6) is 0 Å². The fourth-order valence-corrected chi connectivity index (χ4v) is 1.61. The molecule has 6 nitrogen and oxygen atoms in total. The van der Waals surface area contributed by atoms with Gasteiger partial charge in [-0.05, 0) is 18.2 Å². The topological polar surface area (TPSA) is 75.9 Å². The van der Waals surface area contributed by atoms with Crippen LogP contribution in [0.15, 0.2) is 24.3 Å². The van der Waals surface area contributed by atoms with Gasteiger partial charge in [0.2, 0.25) is 5.91 Å². The molecule has 0 bridgehead atoms. The van der Waals surface area contributed by atoms with Crippen LogP contribution >= 0.6 is 12.4 Å². The van der Waals surface area contributed by atoms with Crippen LogP contribution in [0.1, 0.15) is 10.4 Å². The molecule has 0 radical (unpaired) electrons. The van der Waals surface area contributed by atoms with Crippen LogP contribution in [-0.4, -0.2) is 62.5 Å². The van der Waals surface area contributed by atoms with Gasteiger partial charge in [0, 0.05) is 39.0 Å². The molecule has 0 saturated carbocycles. The lowest BCUT2D eigenvalue weighted by atomic mass is 10.1. The predicted molar refractivity (Wildman–Crippen MR) is 84.6 cm³/mol. The van der Waals surface area contributed by atoms with Crippen molar-refractivity contribution in [1.29, 1.82) is 0 Å². The van der Waals surface area contributed by atoms with Crippen LogP contribution < -0.4 is 5.73 Å². The van der Waals surface area contributed by atoms with Crippen molar-refractivity contribution in [3.8, 4) is 0 Å². The maximum absolute atomic E-state index is 12.4. The summed E-state index contributed by atoms with van der Waals surface area (Å²) < 4.78 is 4.98. The van der Waals surface area contributed by atoms with Crippen LogP contribution in [0.3, 0.4) is 0 Å². The number of nitrogen functional groups attached to an aromatic ring is 1. The molecular weight excluding hydrogens is 294 g/mol. The fraction of sp³-hybridized carbons (Fsp3) is 0.429. The molecule has 21 heavy (non-hydrogen) atoms. The highest BCUT2D eigenvalue weighted by Crippen LogP contribution is 2.10. The van der Waals surface area contributed by atoms with Crippen molar-refractivity contribution in [2.24, 2.45) is 0 Å². The Morgan fingerprint density at radius 2 is 1.95 bits per heavy atom. The van der Waals surface area contributed by atoms with E-state index in [9.17, 15) is 9.59 Å². The number of anilines is 1. The number of rotatable bonds is 6. The third kappa shape index (κ3) is 6.01. The number of benzene rings is 1. The first-order valence-corrected chi connectivity index (χ1v) is 6.29. The second kappa shape index (κ2) is 9.20. The van der Waals surface area contributed by atoms with E-state index in [0.717, 1.165) is 0 Å². The predicted octanol–water partition coefficient (Wildman–Crippen LogP) is 0.867. The third-order valence-electron chi connectivity index (χ3n) is 2.81. The maximum Gasteiger partial charge on any atom is 0.254 e. The summed E-state index contributed by atoms with van der Waals surface area (Å²) in [6.45, 7) is 0.739. The SMILES string of the molecule is COCCN(CC(=O)N(C)C)C(=O)c1cccc(N)c1.Cl. The zero-order valence-corrected chi connectivity index (χ0v) is 13.4. The van der Waals surface area contributed by atoms with Crippen molar-refractivity contribution in [2.45, 2.75) is 0 Å². The zero-order valence-electron chi connectivity index (χ0n) is 12.5. The summed E-state index contributed by atoms with van der Waals surface area (Å²) in [5.74, 6) is -0.372. The highest BCUT2D eigenvalue weighted by atomic mass is 35.5. The average Bonchev–Trinajstić information content (AvgIpc) is 2.42. The fourth-order valence-electron chi connectivity index (χ4n) is 1.61. The van der Waals surface area contributed by atoms with Gasteiger partial charge in [-0.15, -0.1) is 12.4 Å². The second-order valence-electron chi connectivity index (χ2n) is 4.63. The van der Waals surface area contributed by atoms with Gasteiger partial charge >= 0.3 is 0 Å². The van der Waals surface area contributed by atoms with Crippen LogP contribution in [0, 0.1) is 0 Å². The number of methoxy groups -OCH3 is 1. The van der Waals surface area contributed by atoms with E-state index in [0.29, 0.717) is 24.4 Å². The van der Waals surface area contributed by atoms with Crippen LogP contribution in [0.2, 0.25) is 0 Å². The molecule has 0 aromatic heterocycles. The van der Waals surface area contributed by atoms with Crippen molar-refractivity contribution in [1.82, 2.24) is 9.80 Å². The Bertz CT molecular complexity index is 480. The summed E-state index contributed by atoms with van der Waals surface area (Å²) in [5.41, 5.74) is 6.66. The highest BCUT2D eigenvalue weighted by Gasteiger charge is 2.19. The number of ether oxygens (including phenoxy) is 1. The van der Waals surface area contributed by atoms with Gasteiger partial charge in [0.25, 0.3) is 5.91 Å². The summed E-state index contributed by atoms with van der Waals surface area (Å²) in [4.78, 5) is 27.1. The summed E-state index contributed by atoms with van der Waals surface area (Å²) in [5, 5.41) is 0. The Hall–Kier alpha value is -1.79. The lowest BCUT2D eigenvalue weighted by molar-refractivity contribution is -0.129. The summed E-state index contributed by atoms with van der Waals surface area (Å²) in [7, 11) is 4.86. The number of carbonyl (C=O) groups excluding carboxylic acids is 2. The van der Waals surface area contributed by atoms with E-state index in [1.807, 2.05) is 0 Å².